The van der Waals surface area contributed by atoms with Gasteiger partial charge in [0.25, 0.3) is 0 Å². The lowest BCUT2D eigenvalue weighted by Gasteiger charge is -2.09. The van der Waals surface area contributed by atoms with Crippen LogP contribution in [0.15, 0.2) is 48.5 Å². The highest BCUT2D eigenvalue weighted by molar-refractivity contribution is 5.90. The number of anilines is 1. The van der Waals surface area contributed by atoms with Crippen LogP contribution in [0.4, 0.5) is 5.69 Å². The Morgan fingerprint density at radius 2 is 1.47 bits per heavy atom. The van der Waals surface area contributed by atoms with E-state index in [1.165, 1.54) is 5.56 Å². The summed E-state index contributed by atoms with van der Waals surface area (Å²) in [7, 11) is 1.59. The molecule has 32 heavy (non-hydrogen) atoms. The number of ether oxygens (including phenoxy) is 4. The molecule has 0 aliphatic carbocycles. The van der Waals surface area contributed by atoms with Crippen molar-refractivity contribution in [2.24, 2.45) is 0 Å². The zero-order valence-electron chi connectivity index (χ0n) is 18.7. The minimum absolute atomic E-state index is 0.0682. The van der Waals surface area contributed by atoms with Crippen LogP contribution in [-0.2, 0) is 30.4 Å². The summed E-state index contributed by atoms with van der Waals surface area (Å²) < 4.78 is 21.7. The van der Waals surface area contributed by atoms with Gasteiger partial charge in [-0.3, -0.25) is 9.59 Å². The number of nitrogens with one attached hydrogen (secondary N) is 2. The molecule has 0 spiro atoms. The topological polar surface area (TPSA) is 95.1 Å². The zero-order valence-corrected chi connectivity index (χ0v) is 18.7. The molecule has 0 fully saturated rings. The van der Waals surface area contributed by atoms with Crippen molar-refractivity contribution in [3.05, 3.63) is 59.7 Å². The largest absolute Gasteiger partial charge is 0.491 e. The van der Waals surface area contributed by atoms with Gasteiger partial charge in [0, 0.05) is 12.7 Å². The number of rotatable bonds is 15. The molecule has 0 unspecified atom stereocenters. The van der Waals surface area contributed by atoms with Gasteiger partial charge in [-0.1, -0.05) is 29.8 Å². The smallest absolute Gasteiger partial charge is 0.226 e. The monoisotopic (exact) mass is 444 g/mol. The summed E-state index contributed by atoms with van der Waals surface area (Å²) in [4.78, 5) is 23.1. The second kappa shape index (κ2) is 15.0. The summed E-state index contributed by atoms with van der Waals surface area (Å²) >= 11 is 0. The summed E-state index contributed by atoms with van der Waals surface area (Å²) in [5, 5.41) is 5.36. The minimum Gasteiger partial charge on any atom is -0.491 e. The molecule has 2 aromatic carbocycles. The predicted molar refractivity (Wildman–Crippen MR) is 121 cm³/mol. The molecule has 0 aromatic heterocycles. The van der Waals surface area contributed by atoms with Crippen molar-refractivity contribution in [1.82, 2.24) is 5.32 Å². The molecule has 8 heteroatoms. The van der Waals surface area contributed by atoms with Crippen LogP contribution in [-0.4, -0.2) is 52.1 Å². The van der Waals surface area contributed by atoms with Crippen LogP contribution in [0.25, 0.3) is 0 Å². The Hall–Kier alpha value is -2.94. The maximum atomic E-state index is 12.0. The maximum Gasteiger partial charge on any atom is 0.226 e. The lowest BCUT2D eigenvalue weighted by atomic mass is 10.2. The molecule has 0 aliphatic rings. The summed E-state index contributed by atoms with van der Waals surface area (Å²) in [6.07, 6.45) is 0.573. The number of carbonyl (C=O) groups is 2. The van der Waals surface area contributed by atoms with Gasteiger partial charge in [-0.25, -0.2) is 0 Å². The molecule has 2 amide bonds. The van der Waals surface area contributed by atoms with E-state index in [1.54, 1.807) is 7.05 Å². The molecule has 0 bridgehead atoms. The predicted octanol–water partition coefficient (Wildman–Crippen LogP) is 3.05. The van der Waals surface area contributed by atoms with Crippen LogP contribution in [0.1, 0.15) is 24.0 Å². The quantitative estimate of drug-likeness (QED) is 0.324. The highest BCUT2D eigenvalue weighted by atomic mass is 16.7. The van der Waals surface area contributed by atoms with Gasteiger partial charge in [-0.15, -0.1) is 0 Å². The number of hydrogen-bond acceptors (Lipinski definition) is 6. The van der Waals surface area contributed by atoms with Crippen molar-refractivity contribution in [3.8, 4) is 5.75 Å². The standard InChI is InChI=1S/C24H32N2O6/c1-19-3-9-22(10-4-19)32-16-15-29-13-12-24(28)26-21-7-5-20(6-8-21)17-31-18-30-14-11-23(27)25-2/h3-10H,11-18H2,1-2H3,(H,25,27)(H,26,28). The summed E-state index contributed by atoms with van der Waals surface area (Å²) in [5.41, 5.74) is 2.85. The van der Waals surface area contributed by atoms with Crippen LogP contribution in [0.2, 0.25) is 0 Å². The third-order valence-electron chi connectivity index (χ3n) is 4.42. The summed E-state index contributed by atoms with van der Waals surface area (Å²) in [5.74, 6) is 0.624. The van der Waals surface area contributed by atoms with E-state index < -0.39 is 0 Å². The van der Waals surface area contributed by atoms with E-state index in [0.717, 1.165) is 11.3 Å². The number of aryl methyl sites for hydroxylation is 1. The van der Waals surface area contributed by atoms with Gasteiger partial charge in [0.05, 0.1) is 39.3 Å². The fourth-order valence-corrected chi connectivity index (χ4v) is 2.59. The maximum absolute atomic E-state index is 12.0. The van der Waals surface area contributed by atoms with Gasteiger partial charge < -0.3 is 29.6 Å². The molecule has 2 aromatic rings. The van der Waals surface area contributed by atoms with Crippen LogP contribution in [0.5, 0.6) is 5.75 Å². The third kappa shape index (κ3) is 10.9. The molecule has 2 N–H and O–H groups in total. The van der Waals surface area contributed by atoms with E-state index >= 15 is 0 Å². The van der Waals surface area contributed by atoms with E-state index in [2.05, 4.69) is 10.6 Å². The average Bonchev–Trinajstić information content (AvgIpc) is 2.80. The summed E-state index contributed by atoms with van der Waals surface area (Å²) in [6.45, 7) is 4.03. The van der Waals surface area contributed by atoms with Crippen LogP contribution in [0.3, 0.4) is 0 Å². The van der Waals surface area contributed by atoms with Gasteiger partial charge in [0.2, 0.25) is 11.8 Å². The second-order valence-corrected chi connectivity index (χ2v) is 7.07. The van der Waals surface area contributed by atoms with Gasteiger partial charge >= 0.3 is 0 Å². The lowest BCUT2D eigenvalue weighted by molar-refractivity contribution is -0.123. The molecular formula is C24H32N2O6. The van der Waals surface area contributed by atoms with Gasteiger partial charge in [0.15, 0.2) is 0 Å². The average molecular weight is 445 g/mol. The molecule has 2 rings (SSSR count). The molecule has 0 atom stereocenters. The highest BCUT2D eigenvalue weighted by Crippen LogP contribution is 2.12. The highest BCUT2D eigenvalue weighted by Gasteiger charge is 2.03. The third-order valence-corrected chi connectivity index (χ3v) is 4.42. The second-order valence-electron chi connectivity index (χ2n) is 7.07. The number of carbonyl (C=O) groups excluding carboxylic acids is 2. The van der Waals surface area contributed by atoms with Crippen molar-refractivity contribution >= 4 is 17.5 Å². The van der Waals surface area contributed by atoms with Crippen molar-refractivity contribution in [2.75, 3.05) is 45.6 Å². The Labute approximate surface area is 189 Å². The Morgan fingerprint density at radius 3 is 2.19 bits per heavy atom. The first-order valence-electron chi connectivity index (χ1n) is 10.6. The Morgan fingerprint density at radius 1 is 0.781 bits per heavy atom. The van der Waals surface area contributed by atoms with Crippen molar-refractivity contribution in [2.45, 2.75) is 26.4 Å². The van der Waals surface area contributed by atoms with E-state index in [1.807, 2.05) is 55.5 Å². The number of amides is 2. The Balaban J connectivity index is 1.51. The molecule has 0 radical (unpaired) electrons. The van der Waals surface area contributed by atoms with E-state index in [0.29, 0.717) is 45.1 Å². The fraction of sp³-hybridized carbons (Fsp3) is 0.417. The van der Waals surface area contributed by atoms with E-state index in [-0.39, 0.29) is 25.0 Å². The van der Waals surface area contributed by atoms with E-state index in [9.17, 15) is 9.59 Å². The fourth-order valence-electron chi connectivity index (χ4n) is 2.59. The van der Waals surface area contributed by atoms with Crippen LogP contribution < -0.4 is 15.4 Å². The number of benzene rings is 2. The van der Waals surface area contributed by atoms with Crippen molar-refractivity contribution in [1.29, 1.82) is 0 Å². The molecule has 8 nitrogen and oxygen atoms in total. The Kier molecular flexibility index (Phi) is 11.8. The summed E-state index contributed by atoms with van der Waals surface area (Å²) in [6, 6.07) is 15.2. The number of hydrogen-bond donors (Lipinski definition) is 2. The minimum atomic E-state index is -0.113. The molecule has 0 heterocycles. The van der Waals surface area contributed by atoms with Crippen molar-refractivity contribution < 1.29 is 28.5 Å². The lowest BCUT2D eigenvalue weighted by Crippen LogP contribution is -2.19. The van der Waals surface area contributed by atoms with E-state index in [4.69, 9.17) is 18.9 Å². The first kappa shape index (κ1) is 25.3. The molecule has 0 saturated heterocycles. The van der Waals surface area contributed by atoms with Crippen molar-refractivity contribution in [3.63, 3.8) is 0 Å². The molecule has 0 saturated carbocycles. The SMILES string of the molecule is CNC(=O)CCOCOCc1ccc(NC(=O)CCOCCOc2ccc(C)cc2)cc1. The van der Waals surface area contributed by atoms with Gasteiger partial charge in [-0.2, -0.15) is 0 Å². The first-order valence-corrected chi connectivity index (χ1v) is 10.6. The normalized spacial score (nSPS) is 10.6. The molecule has 174 valence electrons. The van der Waals surface area contributed by atoms with Gasteiger partial charge in [0.1, 0.15) is 19.1 Å². The van der Waals surface area contributed by atoms with Gasteiger partial charge in [-0.05, 0) is 36.8 Å². The Bertz CT molecular complexity index is 808. The molecule has 0 aliphatic heterocycles. The molecular weight excluding hydrogens is 412 g/mol. The zero-order chi connectivity index (χ0) is 23.0. The van der Waals surface area contributed by atoms with Crippen LogP contribution in [0, 0.1) is 6.92 Å². The van der Waals surface area contributed by atoms with Crippen LogP contribution >= 0.6 is 0 Å². The first-order chi connectivity index (χ1) is 15.6.